The van der Waals surface area contributed by atoms with Crippen LogP contribution in [-0.4, -0.2) is 23.0 Å². The van der Waals surface area contributed by atoms with Crippen LogP contribution in [0.1, 0.15) is 41.1 Å². The smallest absolute Gasteiger partial charge is 0.0514 e. The quantitative estimate of drug-likeness (QED) is 0.292. The highest BCUT2D eigenvalue weighted by molar-refractivity contribution is 14.1. The van der Waals surface area contributed by atoms with Crippen LogP contribution < -0.4 is 5.32 Å². The summed E-state index contributed by atoms with van der Waals surface area (Å²) < 4.78 is 2.19. The average molecular weight is 613 g/mol. The predicted octanol–water partition coefficient (Wildman–Crippen LogP) is 6.54. The fraction of sp³-hybridized carbons (Fsp3) is 0.450. The van der Waals surface area contributed by atoms with E-state index in [-0.39, 0.29) is 0 Å². The van der Waals surface area contributed by atoms with Crippen molar-refractivity contribution in [1.82, 2.24) is 10.3 Å². The van der Waals surface area contributed by atoms with E-state index in [9.17, 15) is 0 Å². The lowest BCUT2D eigenvalue weighted by atomic mass is 9.77. The Bertz CT molecular complexity index is 779. The third-order valence-corrected chi connectivity index (χ3v) is 6.58. The summed E-state index contributed by atoms with van der Waals surface area (Å²) in [5.41, 5.74) is 5.39. The van der Waals surface area contributed by atoms with Gasteiger partial charge >= 0.3 is 0 Å². The summed E-state index contributed by atoms with van der Waals surface area (Å²) in [7, 11) is 0. The van der Waals surface area contributed by atoms with E-state index >= 15 is 0 Å². The van der Waals surface area contributed by atoms with E-state index in [4.69, 9.17) is 16.6 Å². The zero-order chi connectivity index (χ0) is 18.7. The van der Waals surface area contributed by atoms with E-state index in [2.05, 4.69) is 71.9 Å². The van der Waals surface area contributed by atoms with Crippen LogP contribution in [0.3, 0.4) is 0 Å². The fourth-order valence-electron chi connectivity index (χ4n) is 4.21. The first-order valence-corrected chi connectivity index (χ1v) is 13.0. The lowest BCUT2D eigenvalue weighted by Crippen LogP contribution is -2.32. The summed E-state index contributed by atoms with van der Waals surface area (Å²) in [6, 6.07) is 6.44. The molecule has 140 valence electrons. The van der Waals surface area contributed by atoms with Gasteiger partial charge in [0.1, 0.15) is 0 Å². The summed E-state index contributed by atoms with van der Waals surface area (Å²) in [4.78, 5) is 6.85. The number of nitrogens with one attached hydrogen (secondary N) is 1. The van der Waals surface area contributed by atoms with Crippen LogP contribution in [0, 0.1) is 5.92 Å². The lowest BCUT2D eigenvalue weighted by molar-refractivity contribution is 0.338. The molecule has 0 spiro atoms. The molecule has 0 amide bonds. The maximum Gasteiger partial charge on any atom is 0.0514 e. The molecule has 1 aliphatic heterocycles. The van der Waals surface area contributed by atoms with Crippen molar-refractivity contribution < 1.29 is 0 Å². The minimum absolute atomic E-state index is 0.347. The fourth-order valence-corrected chi connectivity index (χ4v) is 5.71. The number of hydrogen-bond acceptors (Lipinski definition) is 2. The normalized spacial score (nSPS) is 19.7. The minimum atomic E-state index is 0.347. The van der Waals surface area contributed by atoms with Crippen LogP contribution in [0.25, 0.3) is 0 Å². The van der Waals surface area contributed by atoms with Gasteiger partial charge in [-0.25, -0.2) is 0 Å². The van der Waals surface area contributed by atoms with Gasteiger partial charge < -0.3 is 5.32 Å². The second-order valence-electron chi connectivity index (χ2n) is 6.72. The summed E-state index contributed by atoms with van der Waals surface area (Å²) in [6.45, 7) is 2.18. The molecule has 2 nitrogen and oxygen atoms in total. The van der Waals surface area contributed by atoms with E-state index in [0.29, 0.717) is 11.8 Å². The van der Waals surface area contributed by atoms with E-state index < -0.39 is 0 Å². The Labute approximate surface area is 191 Å². The molecule has 2 aliphatic rings. The third-order valence-electron chi connectivity index (χ3n) is 5.27. The van der Waals surface area contributed by atoms with Crippen LogP contribution >= 0.6 is 66.1 Å². The van der Waals surface area contributed by atoms with Gasteiger partial charge in [0.2, 0.25) is 0 Å². The number of rotatable bonds is 1. The molecule has 1 aromatic heterocycles. The van der Waals surface area contributed by atoms with Gasteiger partial charge in [0, 0.05) is 26.1 Å². The molecule has 1 aromatic carbocycles. The van der Waals surface area contributed by atoms with Crippen molar-refractivity contribution in [2.45, 2.75) is 31.6 Å². The van der Waals surface area contributed by atoms with Crippen molar-refractivity contribution in [2.24, 2.45) is 5.92 Å². The Hall–Kier alpha value is 0.310. The van der Waals surface area contributed by atoms with Crippen molar-refractivity contribution in [3.05, 3.63) is 60.7 Å². The number of nitrogens with zero attached hydrogens (tertiary/aromatic N) is 1. The number of benzene rings is 1. The molecule has 1 fully saturated rings. The van der Waals surface area contributed by atoms with Crippen LogP contribution in [0.2, 0.25) is 5.02 Å². The first-order valence-electron chi connectivity index (χ1n) is 8.84. The second kappa shape index (κ2) is 9.68. The van der Waals surface area contributed by atoms with Crippen molar-refractivity contribution in [3.8, 4) is 0 Å². The maximum atomic E-state index is 6.34. The highest BCUT2D eigenvalue weighted by Crippen LogP contribution is 2.45. The molecule has 6 heteroatoms. The minimum Gasteiger partial charge on any atom is -0.317 e. The predicted molar refractivity (Wildman–Crippen MR) is 126 cm³/mol. The molecule has 0 bridgehead atoms. The number of aromatic nitrogens is 1. The number of aryl methyl sites for hydroxylation is 2. The molecule has 1 N–H and O–H groups in total. The van der Waals surface area contributed by atoms with E-state index in [1.807, 2.05) is 17.2 Å². The molecule has 1 atom stereocenters. The Morgan fingerprint density at radius 2 is 1.77 bits per heavy atom. The Morgan fingerprint density at radius 1 is 1.08 bits per heavy atom. The average Bonchev–Trinajstić information content (AvgIpc) is 2.81. The van der Waals surface area contributed by atoms with Crippen LogP contribution in [0.15, 0.2) is 33.3 Å². The Balaban J connectivity index is 0.000000948. The molecular formula is C20H22Br2ClIN2. The number of piperidine rings is 1. The van der Waals surface area contributed by atoms with Gasteiger partial charge in [0.05, 0.1) is 5.69 Å². The molecule has 26 heavy (non-hydrogen) atoms. The van der Waals surface area contributed by atoms with Crippen molar-refractivity contribution >= 4 is 66.1 Å². The van der Waals surface area contributed by atoms with Crippen molar-refractivity contribution in [1.29, 1.82) is 0 Å². The number of fused-ring (bicyclic) bond motifs is 2. The molecule has 2 heterocycles. The summed E-state index contributed by atoms with van der Waals surface area (Å²) in [6.07, 6.45) is 6.36. The van der Waals surface area contributed by atoms with Gasteiger partial charge in [0.25, 0.3) is 0 Å². The van der Waals surface area contributed by atoms with Crippen molar-refractivity contribution in [2.75, 3.05) is 18.0 Å². The first kappa shape index (κ1) is 21.0. The van der Waals surface area contributed by atoms with Gasteiger partial charge in [-0.2, -0.15) is 0 Å². The second-order valence-corrected chi connectivity index (χ2v) is 8.93. The molecule has 0 saturated carbocycles. The standard InChI is InChI=1S/C19H19Br2ClN2.CH3I/c20-14-7-13-2-1-12-8-15(22)9-16(21)17(12)18(19(13)24-10-14)11-3-5-23-6-4-11;1-2/h7-11,18,23H,1-6H2;1H3. The third kappa shape index (κ3) is 4.48. The van der Waals surface area contributed by atoms with Gasteiger partial charge in [-0.05, 0) is 100 Å². The van der Waals surface area contributed by atoms with E-state index in [1.165, 1.54) is 35.2 Å². The first-order chi connectivity index (χ1) is 12.6. The van der Waals surface area contributed by atoms with Crippen molar-refractivity contribution in [3.63, 3.8) is 0 Å². The van der Waals surface area contributed by atoms with Gasteiger partial charge in [-0.1, -0.05) is 50.1 Å². The molecule has 1 saturated heterocycles. The summed E-state index contributed by atoms with van der Waals surface area (Å²) in [5, 5.41) is 4.30. The highest BCUT2D eigenvalue weighted by Gasteiger charge is 2.34. The Morgan fingerprint density at radius 3 is 2.50 bits per heavy atom. The van der Waals surface area contributed by atoms with Crippen LogP contribution in [-0.2, 0) is 12.8 Å². The topological polar surface area (TPSA) is 24.9 Å². The van der Waals surface area contributed by atoms with E-state index in [1.54, 1.807) is 0 Å². The number of alkyl halides is 1. The number of halogens is 4. The molecule has 2 aromatic rings. The molecule has 1 unspecified atom stereocenters. The maximum absolute atomic E-state index is 6.34. The highest BCUT2D eigenvalue weighted by atomic mass is 127. The monoisotopic (exact) mass is 610 g/mol. The van der Waals surface area contributed by atoms with Gasteiger partial charge in [-0.3, -0.25) is 4.98 Å². The van der Waals surface area contributed by atoms with Gasteiger partial charge in [0.15, 0.2) is 0 Å². The van der Waals surface area contributed by atoms with E-state index in [0.717, 1.165) is 39.9 Å². The Kier molecular flexibility index (Phi) is 7.83. The lowest BCUT2D eigenvalue weighted by Gasteiger charge is -2.32. The van der Waals surface area contributed by atoms with Gasteiger partial charge in [-0.15, -0.1) is 0 Å². The summed E-state index contributed by atoms with van der Waals surface area (Å²) >= 11 is 15.9. The number of pyridine rings is 1. The SMILES string of the molecule is CI.Clc1cc(Br)c2c(c1)CCc1cc(Br)cnc1C2C1CCNCC1. The summed E-state index contributed by atoms with van der Waals surface area (Å²) in [5.74, 6) is 0.965. The largest absolute Gasteiger partial charge is 0.317 e. The molecule has 0 radical (unpaired) electrons. The van der Waals surface area contributed by atoms with Crippen LogP contribution in [0.5, 0.6) is 0 Å². The zero-order valence-electron chi connectivity index (χ0n) is 14.7. The molecular weight excluding hydrogens is 590 g/mol. The number of hydrogen-bond donors (Lipinski definition) is 1. The van der Waals surface area contributed by atoms with Crippen LogP contribution in [0.4, 0.5) is 0 Å². The molecule has 1 aliphatic carbocycles. The zero-order valence-corrected chi connectivity index (χ0v) is 20.8. The molecule has 4 rings (SSSR count).